The highest BCUT2D eigenvalue weighted by atomic mass is 16.5. The molecule has 3 rings (SSSR count). The lowest BCUT2D eigenvalue weighted by atomic mass is 9.88. The van der Waals surface area contributed by atoms with Crippen LogP contribution in [0.4, 0.5) is 4.79 Å². The molecule has 6 heteroatoms. The number of urea groups is 1. The summed E-state index contributed by atoms with van der Waals surface area (Å²) in [5.41, 5.74) is 1.12. The van der Waals surface area contributed by atoms with Gasteiger partial charge in [-0.3, -0.25) is 4.79 Å². The van der Waals surface area contributed by atoms with Gasteiger partial charge in [0.1, 0.15) is 17.8 Å². The molecule has 0 aromatic heterocycles. The van der Waals surface area contributed by atoms with Crippen molar-refractivity contribution < 1.29 is 19.1 Å². The second-order valence-electron chi connectivity index (χ2n) is 7.52. The van der Waals surface area contributed by atoms with Crippen LogP contribution in [0.2, 0.25) is 0 Å². The Morgan fingerprint density at radius 3 is 2.61 bits per heavy atom. The van der Waals surface area contributed by atoms with Gasteiger partial charge < -0.3 is 20.1 Å². The fourth-order valence-corrected chi connectivity index (χ4v) is 3.90. The number of hydrogen-bond acceptors (Lipinski definition) is 4. The largest absolute Gasteiger partial charge is 0.493 e. The van der Waals surface area contributed by atoms with Crippen LogP contribution in [0.1, 0.15) is 63.5 Å². The SMILES string of the molecule is C=C1NC(=O)N[C@@H](c2ccccc2OCCC)[C@H]1C(=O)OC1CCCCCC1. The van der Waals surface area contributed by atoms with E-state index < -0.39 is 12.0 Å². The Kier molecular flexibility index (Phi) is 6.95. The van der Waals surface area contributed by atoms with Gasteiger partial charge in [0, 0.05) is 11.3 Å². The number of hydrogen-bond donors (Lipinski definition) is 2. The minimum Gasteiger partial charge on any atom is -0.493 e. The first-order chi connectivity index (χ1) is 13.6. The summed E-state index contributed by atoms with van der Waals surface area (Å²) < 4.78 is 11.7. The summed E-state index contributed by atoms with van der Waals surface area (Å²) in [6.07, 6.45) is 7.13. The number of amides is 2. The van der Waals surface area contributed by atoms with E-state index >= 15 is 0 Å². The Labute approximate surface area is 166 Å². The molecular weight excluding hydrogens is 356 g/mol. The molecule has 0 bridgehead atoms. The normalized spacial score (nSPS) is 23.3. The number of esters is 1. The van der Waals surface area contributed by atoms with Crippen LogP contribution in [0, 0.1) is 5.92 Å². The molecule has 1 saturated heterocycles. The highest BCUT2D eigenvalue weighted by Gasteiger charge is 2.41. The van der Waals surface area contributed by atoms with E-state index in [4.69, 9.17) is 9.47 Å². The van der Waals surface area contributed by atoms with Gasteiger partial charge in [0.05, 0.1) is 12.6 Å². The molecular formula is C22H30N2O4. The van der Waals surface area contributed by atoms with E-state index in [0.717, 1.165) is 37.7 Å². The highest BCUT2D eigenvalue weighted by molar-refractivity contribution is 5.85. The molecule has 28 heavy (non-hydrogen) atoms. The van der Waals surface area contributed by atoms with E-state index in [-0.39, 0.29) is 18.1 Å². The van der Waals surface area contributed by atoms with E-state index in [1.807, 2.05) is 31.2 Å². The molecule has 1 aliphatic carbocycles. The van der Waals surface area contributed by atoms with Crippen LogP contribution in [0.25, 0.3) is 0 Å². The second kappa shape index (κ2) is 9.62. The van der Waals surface area contributed by atoms with E-state index in [1.54, 1.807) is 0 Å². The minimum atomic E-state index is -0.702. The van der Waals surface area contributed by atoms with Gasteiger partial charge in [0.25, 0.3) is 0 Å². The van der Waals surface area contributed by atoms with E-state index in [0.29, 0.717) is 18.1 Å². The maximum absolute atomic E-state index is 13.1. The van der Waals surface area contributed by atoms with E-state index in [2.05, 4.69) is 17.2 Å². The molecule has 2 fully saturated rings. The zero-order valence-electron chi connectivity index (χ0n) is 16.5. The summed E-state index contributed by atoms with van der Waals surface area (Å²) in [5.74, 6) is -0.386. The molecule has 1 aliphatic heterocycles. The smallest absolute Gasteiger partial charge is 0.319 e. The topological polar surface area (TPSA) is 76.7 Å². The fourth-order valence-electron chi connectivity index (χ4n) is 3.90. The van der Waals surface area contributed by atoms with Crippen LogP contribution in [0.15, 0.2) is 36.5 Å². The summed E-state index contributed by atoms with van der Waals surface area (Å²) in [6, 6.07) is 6.53. The van der Waals surface area contributed by atoms with Crippen molar-refractivity contribution in [2.75, 3.05) is 6.61 Å². The Balaban J connectivity index is 1.83. The van der Waals surface area contributed by atoms with Crippen molar-refractivity contribution in [3.8, 4) is 5.75 Å². The minimum absolute atomic E-state index is 0.0623. The fraction of sp³-hybridized carbons (Fsp3) is 0.545. The summed E-state index contributed by atoms with van der Waals surface area (Å²) in [4.78, 5) is 25.2. The summed E-state index contributed by atoms with van der Waals surface area (Å²) in [7, 11) is 0. The maximum atomic E-state index is 13.1. The summed E-state index contributed by atoms with van der Waals surface area (Å²) >= 11 is 0. The number of para-hydroxylation sites is 1. The van der Waals surface area contributed by atoms with Crippen molar-refractivity contribution in [2.24, 2.45) is 5.92 Å². The van der Waals surface area contributed by atoms with Gasteiger partial charge >= 0.3 is 12.0 Å². The average molecular weight is 386 g/mol. The predicted octanol–water partition coefficient (Wildman–Crippen LogP) is 4.23. The van der Waals surface area contributed by atoms with Crippen molar-refractivity contribution in [1.29, 1.82) is 0 Å². The first-order valence-corrected chi connectivity index (χ1v) is 10.3. The van der Waals surface area contributed by atoms with Crippen LogP contribution in [-0.4, -0.2) is 24.7 Å². The molecule has 1 heterocycles. The highest BCUT2D eigenvalue weighted by Crippen LogP contribution is 2.36. The number of rotatable bonds is 6. The maximum Gasteiger partial charge on any atom is 0.319 e. The van der Waals surface area contributed by atoms with Gasteiger partial charge in [-0.05, 0) is 38.2 Å². The number of carbonyl (C=O) groups excluding carboxylic acids is 2. The zero-order chi connectivity index (χ0) is 19.9. The van der Waals surface area contributed by atoms with Crippen LogP contribution in [-0.2, 0) is 9.53 Å². The number of benzene rings is 1. The van der Waals surface area contributed by atoms with Gasteiger partial charge in [-0.1, -0.05) is 44.5 Å². The predicted molar refractivity (Wildman–Crippen MR) is 107 cm³/mol. The molecule has 6 nitrogen and oxygen atoms in total. The second-order valence-corrected chi connectivity index (χ2v) is 7.52. The molecule has 1 aromatic carbocycles. The Hall–Kier alpha value is -2.50. The lowest BCUT2D eigenvalue weighted by Gasteiger charge is -2.34. The molecule has 0 spiro atoms. The Morgan fingerprint density at radius 2 is 1.89 bits per heavy atom. The Bertz CT molecular complexity index is 710. The standard InChI is InChI=1S/C22H30N2O4/c1-3-14-27-18-13-9-8-12-17(18)20-19(15(2)23-22(26)24-20)21(25)28-16-10-6-4-5-7-11-16/h8-9,12-13,16,19-20H,2-7,10-11,14H2,1H3,(H2,23,24,26)/t19-,20-/m0/s1. The molecule has 152 valence electrons. The third kappa shape index (κ3) is 4.86. The van der Waals surface area contributed by atoms with Crippen LogP contribution >= 0.6 is 0 Å². The first-order valence-electron chi connectivity index (χ1n) is 10.3. The summed E-state index contributed by atoms with van der Waals surface area (Å²) in [6.45, 7) is 6.53. The first kappa shape index (κ1) is 20.2. The third-order valence-corrected chi connectivity index (χ3v) is 5.32. The quantitative estimate of drug-likeness (QED) is 0.567. The Morgan fingerprint density at radius 1 is 1.18 bits per heavy atom. The van der Waals surface area contributed by atoms with Gasteiger partial charge in [0.15, 0.2) is 0 Å². The van der Waals surface area contributed by atoms with E-state index in [9.17, 15) is 9.59 Å². The number of ether oxygens (including phenoxy) is 2. The zero-order valence-corrected chi connectivity index (χ0v) is 16.5. The van der Waals surface area contributed by atoms with Crippen molar-refractivity contribution in [3.63, 3.8) is 0 Å². The molecule has 2 amide bonds. The van der Waals surface area contributed by atoms with Crippen LogP contribution in [0.3, 0.4) is 0 Å². The lowest BCUT2D eigenvalue weighted by molar-refractivity contribution is -0.154. The molecule has 0 unspecified atom stereocenters. The third-order valence-electron chi connectivity index (χ3n) is 5.32. The van der Waals surface area contributed by atoms with Gasteiger partial charge in [-0.25, -0.2) is 4.79 Å². The van der Waals surface area contributed by atoms with Crippen molar-refractivity contribution in [3.05, 3.63) is 42.1 Å². The van der Waals surface area contributed by atoms with Crippen molar-refractivity contribution in [1.82, 2.24) is 10.6 Å². The molecule has 2 aliphatic rings. The van der Waals surface area contributed by atoms with E-state index in [1.165, 1.54) is 12.8 Å². The number of nitrogens with one attached hydrogen (secondary N) is 2. The lowest BCUT2D eigenvalue weighted by Crippen LogP contribution is -2.51. The average Bonchev–Trinajstić information content (AvgIpc) is 2.94. The molecule has 0 radical (unpaired) electrons. The molecule has 2 N–H and O–H groups in total. The molecule has 1 saturated carbocycles. The van der Waals surface area contributed by atoms with Crippen molar-refractivity contribution in [2.45, 2.75) is 64.0 Å². The van der Waals surface area contributed by atoms with Gasteiger partial charge in [-0.2, -0.15) is 0 Å². The summed E-state index contributed by atoms with van der Waals surface area (Å²) in [5, 5.41) is 5.50. The van der Waals surface area contributed by atoms with Crippen molar-refractivity contribution >= 4 is 12.0 Å². The van der Waals surface area contributed by atoms with Crippen LogP contribution < -0.4 is 15.4 Å². The molecule has 1 aromatic rings. The molecule has 2 atom stereocenters. The van der Waals surface area contributed by atoms with Crippen LogP contribution in [0.5, 0.6) is 5.75 Å². The van der Waals surface area contributed by atoms with Gasteiger partial charge in [0.2, 0.25) is 0 Å². The number of carbonyl (C=O) groups is 2. The van der Waals surface area contributed by atoms with Gasteiger partial charge in [-0.15, -0.1) is 0 Å². The monoisotopic (exact) mass is 386 g/mol.